The molecule has 0 unspecified atom stereocenters. The number of hydrogen-bond donors (Lipinski definition) is 2. The Morgan fingerprint density at radius 1 is 1.38 bits per heavy atom. The van der Waals surface area contributed by atoms with Crippen LogP contribution < -0.4 is 5.73 Å². The standard InChI is InChI=1S/C11H10N2O2S/c12-11-13-9(6-16-11)8-3-1-7(2-4-8)5-10(14)15/h1-4,6H,5H2,(H2,12,13)(H,14,15). The van der Waals surface area contributed by atoms with Crippen LogP contribution in [0.3, 0.4) is 0 Å². The molecular weight excluding hydrogens is 224 g/mol. The average molecular weight is 234 g/mol. The highest BCUT2D eigenvalue weighted by Gasteiger charge is 2.04. The number of nitrogens with two attached hydrogens (primary N) is 1. The van der Waals surface area contributed by atoms with E-state index in [1.165, 1.54) is 11.3 Å². The van der Waals surface area contributed by atoms with Crippen molar-refractivity contribution in [3.8, 4) is 11.3 Å². The molecule has 0 atom stereocenters. The summed E-state index contributed by atoms with van der Waals surface area (Å²) >= 11 is 1.39. The minimum atomic E-state index is -0.828. The first-order valence-electron chi connectivity index (χ1n) is 4.67. The van der Waals surface area contributed by atoms with Crippen LogP contribution in [0.15, 0.2) is 29.6 Å². The number of nitrogens with zero attached hydrogens (tertiary/aromatic N) is 1. The quantitative estimate of drug-likeness (QED) is 0.851. The van der Waals surface area contributed by atoms with Gasteiger partial charge in [-0.3, -0.25) is 4.79 Å². The third-order valence-corrected chi connectivity index (χ3v) is 2.80. The maximum atomic E-state index is 10.5. The van der Waals surface area contributed by atoms with Crippen LogP contribution in [0.1, 0.15) is 5.56 Å². The van der Waals surface area contributed by atoms with Gasteiger partial charge in [0.25, 0.3) is 0 Å². The van der Waals surface area contributed by atoms with Gasteiger partial charge in [0.15, 0.2) is 5.13 Å². The van der Waals surface area contributed by atoms with Crippen LogP contribution in [-0.2, 0) is 11.2 Å². The fourth-order valence-electron chi connectivity index (χ4n) is 1.39. The van der Waals surface area contributed by atoms with Gasteiger partial charge in [-0.05, 0) is 5.56 Å². The number of anilines is 1. The lowest BCUT2D eigenvalue weighted by Crippen LogP contribution is -1.99. The number of carboxylic acid groups (broad SMARTS) is 1. The molecule has 3 N–H and O–H groups in total. The highest BCUT2D eigenvalue weighted by Crippen LogP contribution is 2.23. The van der Waals surface area contributed by atoms with Gasteiger partial charge >= 0.3 is 5.97 Å². The van der Waals surface area contributed by atoms with Gasteiger partial charge in [0, 0.05) is 10.9 Å². The van der Waals surface area contributed by atoms with Gasteiger partial charge in [-0.25, -0.2) is 4.98 Å². The molecular formula is C11H10N2O2S. The highest BCUT2D eigenvalue weighted by atomic mass is 32.1. The SMILES string of the molecule is Nc1nc(-c2ccc(CC(=O)O)cc2)cs1. The molecule has 1 aromatic carbocycles. The Labute approximate surface area is 96.4 Å². The molecule has 0 aliphatic carbocycles. The molecule has 0 aliphatic heterocycles. The number of benzene rings is 1. The molecule has 0 bridgehead atoms. The van der Waals surface area contributed by atoms with E-state index in [-0.39, 0.29) is 6.42 Å². The number of nitrogen functional groups attached to an aromatic ring is 1. The Morgan fingerprint density at radius 3 is 2.56 bits per heavy atom. The molecule has 2 rings (SSSR count). The number of rotatable bonds is 3. The van der Waals surface area contributed by atoms with Crippen LogP contribution in [0.25, 0.3) is 11.3 Å². The molecule has 82 valence electrons. The van der Waals surface area contributed by atoms with Gasteiger partial charge in [-0.2, -0.15) is 0 Å². The molecule has 0 fully saturated rings. The lowest BCUT2D eigenvalue weighted by molar-refractivity contribution is -0.136. The molecule has 0 saturated carbocycles. The van der Waals surface area contributed by atoms with Crippen LogP contribution >= 0.6 is 11.3 Å². The summed E-state index contributed by atoms with van der Waals surface area (Å²) in [6, 6.07) is 7.29. The Hall–Kier alpha value is -1.88. The zero-order valence-corrected chi connectivity index (χ0v) is 9.20. The lowest BCUT2D eigenvalue weighted by Gasteiger charge is -1.99. The van der Waals surface area contributed by atoms with E-state index in [2.05, 4.69) is 4.98 Å². The minimum Gasteiger partial charge on any atom is -0.481 e. The average Bonchev–Trinajstić information content (AvgIpc) is 2.65. The molecule has 2 aromatic rings. The molecule has 1 aromatic heterocycles. The van der Waals surface area contributed by atoms with Crippen molar-refractivity contribution < 1.29 is 9.90 Å². The second-order valence-corrected chi connectivity index (χ2v) is 4.23. The normalized spacial score (nSPS) is 10.2. The maximum absolute atomic E-state index is 10.5. The topological polar surface area (TPSA) is 76.2 Å². The predicted molar refractivity (Wildman–Crippen MR) is 63.3 cm³/mol. The first-order valence-corrected chi connectivity index (χ1v) is 5.55. The fourth-order valence-corrected chi connectivity index (χ4v) is 1.96. The Balaban J connectivity index is 2.22. The minimum absolute atomic E-state index is 0.0412. The molecule has 0 spiro atoms. The molecule has 5 heteroatoms. The van der Waals surface area contributed by atoms with E-state index in [0.717, 1.165) is 16.8 Å². The van der Waals surface area contributed by atoms with Crippen molar-refractivity contribution in [3.05, 3.63) is 35.2 Å². The fraction of sp³-hybridized carbons (Fsp3) is 0.0909. The summed E-state index contributed by atoms with van der Waals surface area (Å²) < 4.78 is 0. The van der Waals surface area contributed by atoms with E-state index in [1.807, 2.05) is 17.5 Å². The van der Waals surface area contributed by atoms with E-state index in [1.54, 1.807) is 12.1 Å². The smallest absolute Gasteiger partial charge is 0.307 e. The van der Waals surface area contributed by atoms with Gasteiger partial charge in [0.05, 0.1) is 12.1 Å². The lowest BCUT2D eigenvalue weighted by atomic mass is 10.1. The van der Waals surface area contributed by atoms with Crippen molar-refractivity contribution in [3.63, 3.8) is 0 Å². The number of carboxylic acids is 1. The van der Waals surface area contributed by atoms with Crippen molar-refractivity contribution in [1.82, 2.24) is 4.98 Å². The summed E-state index contributed by atoms with van der Waals surface area (Å²) in [5, 5.41) is 11.0. The van der Waals surface area contributed by atoms with Crippen LogP contribution in [0, 0.1) is 0 Å². The molecule has 0 radical (unpaired) electrons. The molecule has 0 aliphatic rings. The summed E-state index contributed by atoms with van der Waals surface area (Å²) in [5.41, 5.74) is 8.09. The zero-order chi connectivity index (χ0) is 11.5. The van der Waals surface area contributed by atoms with Gasteiger partial charge in [0.2, 0.25) is 0 Å². The monoisotopic (exact) mass is 234 g/mol. The van der Waals surface area contributed by atoms with Crippen molar-refractivity contribution in [2.24, 2.45) is 0 Å². The van der Waals surface area contributed by atoms with Crippen LogP contribution in [-0.4, -0.2) is 16.1 Å². The zero-order valence-electron chi connectivity index (χ0n) is 8.38. The van der Waals surface area contributed by atoms with E-state index in [4.69, 9.17) is 10.8 Å². The summed E-state index contributed by atoms with van der Waals surface area (Å²) in [6.45, 7) is 0. The predicted octanol–water partition coefficient (Wildman–Crippen LogP) is 2.02. The number of aromatic nitrogens is 1. The van der Waals surface area contributed by atoms with Gasteiger partial charge in [-0.1, -0.05) is 24.3 Å². The summed E-state index contributed by atoms with van der Waals surface area (Å²) in [5.74, 6) is -0.828. The van der Waals surface area contributed by atoms with Gasteiger partial charge in [0.1, 0.15) is 0 Å². The number of aliphatic carboxylic acids is 1. The van der Waals surface area contributed by atoms with Gasteiger partial charge in [-0.15, -0.1) is 11.3 Å². The largest absolute Gasteiger partial charge is 0.481 e. The maximum Gasteiger partial charge on any atom is 0.307 e. The van der Waals surface area contributed by atoms with E-state index < -0.39 is 5.97 Å². The van der Waals surface area contributed by atoms with Crippen molar-refractivity contribution >= 4 is 22.4 Å². The Bertz CT molecular complexity index is 505. The first-order chi connectivity index (χ1) is 7.65. The first kappa shape index (κ1) is 10.6. The molecule has 1 heterocycles. The van der Waals surface area contributed by atoms with Crippen molar-refractivity contribution in [2.75, 3.05) is 5.73 Å². The number of carbonyl (C=O) groups is 1. The molecule has 4 nitrogen and oxygen atoms in total. The second-order valence-electron chi connectivity index (χ2n) is 3.34. The number of thiazole rings is 1. The summed E-state index contributed by atoms with van der Waals surface area (Å²) in [6.07, 6.45) is 0.0412. The van der Waals surface area contributed by atoms with Gasteiger partial charge < -0.3 is 10.8 Å². The summed E-state index contributed by atoms with van der Waals surface area (Å²) in [4.78, 5) is 14.7. The second kappa shape index (κ2) is 4.32. The van der Waals surface area contributed by atoms with Crippen LogP contribution in [0.4, 0.5) is 5.13 Å². The molecule has 0 saturated heterocycles. The highest BCUT2D eigenvalue weighted by molar-refractivity contribution is 7.13. The molecule has 0 amide bonds. The van der Waals surface area contributed by atoms with Crippen LogP contribution in [0.5, 0.6) is 0 Å². The van der Waals surface area contributed by atoms with Crippen molar-refractivity contribution in [1.29, 1.82) is 0 Å². The van der Waals surface area contributed by atoms with E-state index >= 15 is 0 Å². The third-order valence-electron chi connectivity index (χ3n) is 2.13. The van der Waals surface area contributed by atoms with Crippen molar-refractivity contribution in [2.45, 2.75) is 6.42 Å². The van der Waals surface area contributed by atoms with E-state index in [0.29, 0.717) is 5.13 Å². The number of hydrogen-bond acceptors (Lipinski definition) is 4. The Morgan fingerprint density at radius 2 is 2.06 bits per heavy atom. The van der Waals surface area contributed by atoms with E-state index in [9.17, 15) is 4.79 Å². The third kappa shape index (κ3) is 2.38. The Kier molecular flexibility index (Phi) is 2.87. The van der Waals surface area contributed by atoms with Crippen LogP contribution in [0.2, 0.25) is 0 Å². The molecule has 16 heavy (non-hydrogen) atoms. The summed E-state index contributed by atoms with van der Waals surface area (Å²) in [7, 11) is 0.